The molecule has 86 valence electrons. The summed E-state index contributed by atoms with van der Waals surface area (Å²) < 4.78 is 0. The van der Waals surface area contributed by atoms with Crippen LogP contribution in [-0.2, 0) is 4.79 Å². The zero-order valence-corrected chi connectivity index (χ0v) is 9.81. The number of carbonyl (C=O) groups excluding carboxylic acids is 1. The van der Waals surface area contributed by atoms with Gasteiger partial charge in [-0.15, -0.1) is 0 Å². The molecule has 0 N–H and O–H groups in total. The Morgan fingerprint density at radius 3 is 2.75 bits per heavy atom. The van der Waals surface area contributed by atoms with Gasteiger partial charge in [0.15, 0.2) is 0 Å². The summed E-state index contributed by atoms with van der Waals surface area (Å²) in [6.45, 7) is 7.17. The van der Waals surface area contributed by atoms with Crippen LogP contribution in [0, 0.1) is 6.92 Å². The van der Waals surface area contributed by atoms with Crippen LogP contribution in [0.2, 0.25) is 0 Å². The Labute approximate surface area is 95.9 Å². The molecule has 0 atom stereocenters. The summed E-state index contributed by atoms with van der Waals surface area (Å²) in [4.78, 5) is 20.1. The highest BCUT2D eigenvalue weighted by atomic mass is 16.2. The molecule has 4 heteroatoms. The number of carbonyl (C=O) groups is 1. The third-order valence-electron chi connectivity index (χ3n) is 2.92. The van der Waals surface area contributed by atoms with E-state index in [-0.39, 0.29) is 5.91 Å². The minimum atomic E-state index is 0.143. The van der Waals surface area contributed by atoms with Crippen LogP contribution in [0.4, 0.5) is 5.82 Å². The number of anilines is 1. The topological polar surface area (TPSA) is 36.4 Å². The Morgan fingerprint density at radius 1 is 1.38 bits per heavy atom. The number of nitrogens with zero attached hydrogens (tertiary/aromatic N) is 3. The van der Waals surface area contributed by atoms with Crippen LogP contribution in [0.3, 0.4) is 0 Å². The molecule has 4 nitrogen and oxygen atoms in total. The van der Waals surface area contributed by atoms with Crippen LogP contribution < -0.4 is 4.90 Å². The number of aromatic nitrogens is 1. The Hall–Kier alpha value is -1.42. The van der Waals surface area contributed by atoms with E-state index < -0.39 is 0 Å². The number of pyridine rings is 1. The van der Waals surface area contributed by atoms with Crippen molar-refractivity contribution in [1.82, 2.24) is 9.88 Å². The van der Waals surface area contributed by atoms with Gasteiger partial charge in [-0.1, -0.05) is 13.0 Å². The van der Waals surface area contributed by atoms with Gasteiger partial charge in [-0.25, -0.2) is 4.98 Å². The Kier molecular flexibility index (Phi) is 3.19. The Balaban J connectivity index is 2.11. The standard InChI is InChI=1S/C12H17N3O/c1-3-14-6-7-15(12(16)9-14)11-5-4-10(2)8-13-11/h4-5,8H,3,6-7,9H2,1-2H3. The average molecular weight is 219 g/mol. The number of amides is 1. The highest BCUT2D eigenvalue weighted by molar-refractivity contribution is 5.94. The summed E-state index contributed by atoms with van der Waals surface area (Å²) in [5.74, 6) is 0.913. The van der Waals surface area contributed by atoms with E-state index in [1.807, 2.05) is 19.1 Å². The molecular weight excluding hydrogens is 202 g/mol. The van der Waals surface area contributed by atoms with E-state index in [0.717, 1.165) is 31.0 Å². The molecule has 1 aliphatic rings. The van der Waals surface area contributed by atoms with E-state index in [1.54, 1.807) is 11.1 Å². The molecule has 1 fully saturated rings. The number of hydrogen-bond acceptors (Lipinski definition) is 3. The second-order valence-corrected chi connectivity index (χ2v) is 4.11. The second kappa shape index (κ2) is 4.61. The van der Waals surface area contributed by atoms with Crippen molar-refractivity contribution >= 4 is 11.7 Å². The zero-order valence-electron chi connectivity index (χ0n) is 9.81. The molecular formula is C12H17N3O. The Bertz CT molecular complexity index is 374. The van der Waals surface area contributed by atoms with Gasteiger partial charge >= 0.3 is 0 Å². The molecule has 0 radical (unpaired) electrons. The van der Waals surface area contributed by atoms with E-state index in [9.17, 15) is 4.79 Å². The Morgan fingerprint density at radius 2 is 2.19 bits per heavy atom. The molecule has 0 unspecified atom stereocenters. The first kappa shape index (κ1) is 11.1. The van der Waals surface area contributed by atoms with Crippen molar-refractivity contribution in [3.63, 3.8) is 0 Å². The van der Waals surface area contributed by atoms with E-state index in [1.165, 1.54) is 0 Å². The molecule has 16 heavy (non-hydrogen) atoms. The van der Waals surface area contributed by atoms with Crippen molar-refractivity contribution in [2.75, 3.05) is 31.1 Å². The monoisotopic (exact) mass is 219 g/mol. The summed E-state index contributed by atoms with van der Waals surface area (Å²) in [5, 5.41) is 0. The lowest BCUT2D eigenvalue weighted by atomic mass is 10.2. The first-order chi connectivity index (χ1) is 7.70. The summed E-state index contributed by atoms with van der Waals surface area (Å²) in [5.41, 5.74) is 1.11. The third-order valence-corrected chi connectivity index (χ3v) is 2.92. The fourth-order valence-electron chi connectivity index (χ4n) is 1.85. The van der Waals surface area contributed by atoms with Crippen molar-refractivity contribution in [2.24, 2.45) is 0 Å². The SMILES string of the molecule is CCN1CCN(c2ccc(C)cn2)C(=O)C1. The number of aryl methyl sites for hydroxylation is 1. The molecule has 1 aromatic rings. The maximum absolute atomic E-state index is 11.9. The lowest BCUT2D eigenvalue weighted by molar-refractivity contribution is -0.121. The summed E-state index contributed by atoms with van der Waals surface area (Å²) in [6, 6.07) is 3.90. The number of hydrogen-bond donors (Lipinski definition) is 0. The molecule has 1 aliphatic heterocycles. The average Bonchev–Trinajstić information content (AvgIpc) is 2.30. The van der Waals surface area contributed by atoms with Gasteiger partial charge in [-0.2, -0.15) is 0 Å². The van der Waals surface area contributed by atoms with Crippen molar-refractivity contribution in [2.45, 2.75) is 13.8 Å². The van der Waals surface area contributed by atoms with E-state index in [2.05, 4.69) is 16.8 Å². The highest BCUT2D eigenvalue weighted by Gasteiger charge is 2.24. The van der Waals surface area contributed by atoms with Crippen LogP contribution in [0.15, 0.2) is 18.3 Å². The second-order valence-electron chi connectivity index (χ2n) is 4.11. The van der Waals surface area contributed by atoms with Gasteiger partial charge in [0.05, 0.1) is 6.54 Å². The van der Waals surface area contributed by atoms with Gasteiger partial charge in [0, 0.05) is 19.3 Å². The zero-order chi connectivity index (χ0) is 11.5. The normalized spacial score (nSPS) is 17.9. The highest BCUT2D eigenvalue weighted by Crippen LogP contribution is 2.14. The summed E-state index contributed by atoms with van der Waals surface area (Å²) in [6.07, 6.45) is 1.80. The number of likely N-dealkylation sites (N-methyl/N-ethyl adjacent to an activating group) is 1. The molecule has 0 aliphatic carbocycles. The van der Waals surface area contributed by atoms with Crippen molar-refractivity contribution < 1.29 is 4.79 Å². The van der Waals surface area contributed by atoms with Crippen LogP contribution >= 0.6 is 0 Å². The molecule has 1 amide bonds. The molecule has 1 saturated heterocycles. The largest absolute Gasteiger partial charge is 0.294 e. The maximum atomic E-state index is 11.9. The quantitative estimate of drug-likeness (QED) is 0.746. The molecule has 0 bridgehead atoms. The van der Waals surface area contributed by atoms with Crippen LogP contribution in [-0.4, -0.2) is 42.0 Å². The fourth-order valence-corrected chi connectivity index (χ4v) is 1.85. The summed E-state index contributed by atoms with van der Waals surface area (Å²) in [7, 11) is 0. The van der Waals surface area contributed by atoms with Crippen molar-refractivity contribution in [3.05, 3.63) is 23.9 Å². The van der Waals surface area contributed by atoms with Gasteiger partial charge in [0.1, 0.15) is 5.82 Å². The first-order valence-electron chi connectivity index (χ1n) is 5.66. The molecule has 0 aromatic carbocycles. The minimum Gasteiger partial charge on any atom is -0.294 e. The van der Waals surface area contributed by atoms with Crippen LogP contribution in [0.25, 0.3) is 0 Å². The van der Waals surface area contributed by atoms with E-state index in [0.29, 0.717) is 6.54 Å². The smallest absolute Gasteiger partial charge is 0.242 e. The lowest BCUT2D eigenvalue weighted by Gasteiger charge is -2.32. The molecule has 1 aromatic heterocycles. The van der Waals surface area contributed by atoms with Crippen molar-refractivity contribution in [1.29, 1.82) is 0 Å². The third kappa shape index (κ3) is 2.22. The van der Waals surface area contributed by atoms with Crippen LogP contribution in [0.5, 0.6) is 0 Å². The lowest BCUT2D eigenvalue weighted by Crippen LogP contribution is -2.50. The van der Waals surface area contributed by atoms with Crippen LogP contribution in [0.1, 0.15) is 12.5 Å². The van der Waals surface area contributed by atoms with Crippen molar-refractivity contribution in [3.8, 4) is 0 Å². The molecule has 2 heterocycles. The maximum Gasteiger partial charge on any atom is 0.242 e. The summed E-state index contributed by atoms with van der Waals surface area (Å²) >= 11 is 0. The number of rotatable bonds is 2. The van der Waals surface area contributed by atoms with E-state index in [4.69, 9.17) is 0 Å². The molecule has 0 saturated carbocycles. The fraction of sp³-hybridized carbons (Fsp3) is 0.500. The van der Waals surface area contributed by atoms with Gasteiger partial charge in [-0.05, 0) is 25.1 Å². The predicted molar refractivity (Wildman–Crippen MR) is 63.4 cm³/mol. The minimum absolute atomic E-state index is 0.143. The van der Waals surface area contributed by atoms with Gasteiger partial charge in [0.25, 0.3) is 0 Å². The van der Waals surface area contributed by atoms with Gasteiger partial charge in [-0.3, -0.25) is 14.6 Å². The first-order valence-corrected chi connectivity index (χ1v) is 5.66. The van der Waals surface area contributed by atoms with Gasteiger partial charge in [0.2, 0.25) is 5.91 Å². The molecule has 2 rings (SSSR count). The predicted octanol–water partition coefficient (Wildman–Crippen LogP) is 1.06. The van der Waals surface area contributed by atoms with E-state index >= 15 is 0 Å². The van der Waals surface area contributed by atoms with Gasteiger partial charge < -0.3 is 0 Å². The molecule has 0 spiro atoms. The number of piperazine rings is 1.